The zero-order valence-corrected chi connectivity index (χ0v) is 15.6. The normalized spacial score (nSPS) is 14.2. The van der Waals surface area contributed by atoms with Crippen molar-refractivity contribution in [2.24, 2.45) is 4.99 Å². The number of rotatable bonds is 6. The van der Waals surface area contributed by atoms with Crippen molar-refractivity contribution in [2.75, 3.05) is 33.6 Å². The number of allylic oxidation sites excluding steroid dienone is 1. The third kappa shape index (κ3) is 3.80. The van der Waals surface area contributed by atoms with E-state index in [1.165, 1.54) is 7.11 Å². The molecule has 0 fully saturated rings. The van der Waals surface area contributed by atoms with Crippen molar-refractivity contribution in [3.8, 4) is 11.5 Å². The summed E-state index contributed by atoms with van der Waals surface area (Å²) >= 11 is 0. The molecule has 0 aliphatic carbocycles. The summed E-state index contributed by atoms with van der Waals surface area (Å²) in [6, 6.07) is 5.42. The number of benzene rings is 1. The number of nitrogens with one attached hydrogen (secondary N) is 3. The van der Waals surface area contributed by atoms with Crippen LogP contribution in [0.4, 0.5) is 5.69 Å². The number of likely N-dealkylation sites (N-methyl/N-ethyl adjacent to an activating group) is 1. The SMILES string of the molecule is CC/C=C(\C(=O)NC)C1=C(C(=NC)NOC)Oc2cccc(OC)c2N1. The van der Waals surface area contributed by atoms with Crippen LogP contribution in [0, 0.1) is 0 Å². The molecule has 140 valence electrons. The van der Waals surface area contributed by atoms with Crippen LogP contribution in [0.5, 0.6) is 11.5 Å². The number of ether oxygens (including phenoxy) is 2. The van der Waals surface area contributed by atoms with Crippen LogP contribution < -0.4 is 25.6 Å². The first-order valence-electron chi connectivity index (χ1n) is 8.16. The highest BCUT2D eigenvalue weighted by atomic mass is 16.6. The van der Waals surface area contributed by atoms with Crippen LogP contribution in [0.25, 0.3) is 0 Å². The number of hydroxylamine groups is 1. The number of amidine groups is 1. The third-order valence-electron chi connectivity index (χ3n) is 3.68. The van der Waals surface area contributed by atoms with E-state index in [0.717, 1.165) is 0 Å². The van der Waals surface area contributed by atoms with Crippen LogP contribution in [-0.2, 0) is 9.63 Å². The van der Waals surface area contributed by atoms with Crippen molar-refractivity contribution in [1.82, 2.24) is 10.8 Å². The van der Waals surface area contributed by atoms with Crippen LogP contribution in [0.3, 0.4) is 0 Å². The van der Waals surface area contributed by atoms with Crippen LogP contribution in [-0.4, -0.2) is 40.1 Å². The van der Waals surface area contributed by atoms with Gasteiger partial charge in [-0.25, -0.2) is 5.48 Å². The molecule has 0 aromatic heterocycles. The van der Waals surface area contributed by atoms with Gasteiger partial charge in [-0.1, -0.05) is 19.1 Å². The molecule has 1 aliphatic heterocycles. The molecule has 0 spiro atoms. The molecule has 1 aliphatic rings. The number of methoxy groups -OCH3 is 1. The van der Waals surface area contributed by atoms with Crippen LogP contribution in [0.15, 0.2) is 46.3 Å². The molecule has 0 unspecified atom stereocenters. The molecule has 0 atom stereocenters. The van der Waals surface area contributed by atoms with Crippen LogP contribution in [0.2, 0.25) is 0 Å². The summed E-state index contributed by atoms with van der Waals surface area (Å²) in [5.74, 6) is 1.59. The lowest BCUT2D eigenvalue weighted by Gasteiger charge is -2.27. The standard InChI is InChI=1S/C18H24N4O4/c1-6-8-11(18(23)20-3)14-16(17(19-2)22-25-5)26-13-10-7-9-12(24-4)15(13)21-14/h7-10,21H,6H2,1-5H3,(H,19,22)(H,20,23)/b11-8-. The number of anilines is 1. The van der Waals surface area contributed by atoms with Gasteiger partial charge in [-0.15, -0.1) is 0 Å². The number of fused-ring (bicyclic) bond motifs is 1. The van der Waals surface area contributed by atoms with Crippen molar-refractivity contribution < 1.29 is 19.1 Å². The van der Waals surface area contributed by atoms with Crippen LogP contribution >= 0.6 is 0 Å². The number of carbonyl (C=O) groups is 1. The van der Waals surface area contributed by atoms with Crippen LogP contribution in [0.1, 0.15) is 13.3 Å². The van der Waals surface area contributed by atoms with Gasteiger partial charge >= 0.3 is 0 Å². The summed E-state index contributed by atoms with van der Waals surface area (Å²) < 4.78 is 11.5. The maximum Gasteiger partial charge on any atom is 0.252 e. The Morgan fingerprint density at radius 1 is 1.38 bits per heavy atom. The minimum Gasteiger partial charge on any atom is -0.494 e. The Morgan fingerprint density at radius 3 is 2.73 bits per heavy atom. The van der Waals surface area contributed by atoms with Gasteiger partial charge in [0, 0.05) is 14.1 Å². The number of amides is 1. The van der Waals surface area contributed by atoms with Gasteiger partial charge in [-0.3, -0.25) is 14.6 Å². The van der Waals surface area contributed by atoms with Crippen molar-refractivity contribution >= 4 is 17.4 Å². The lowest BCUT2D eigenvalue weighted by Crippen LogP contribution is -2.33. The molecule has 0 saturated heterocycles. The summed E-state index contributed by atoms with van der Waals surface area (Å²) in [5.41, 5.74) is 4.21. The average Bonchev–Trinajstić information content (AvgIpc) is 2.68. The number of aliphatic imine (C=N–C) groups is 1. The Balaban J connectivity index is 2.66. The molecular weight excluding hydrogens is 336 g/mol. The van der Waals surface area contributed by atoms with Gasteiger partial charge in [0.05, 0.1) is 25.5 Å². The van der Waals surface area contributed by atoms with E-state index < -0.39 is 0 Å². The average molecular weight is 360 g/mol. The molecule has 1 amide bonds. The molecule has 1 heterocycles. The lowest BCUT2D eigenvalue weighted by atomic mass is 10.1. The van der Waals surface area contributed by atoms with E-state index in [4.69, 9.17) is 14.3 Å². The maximum atomic E-state index is 12.5. The van der Waals surface area contributed by atoms with E-state index in [9.17, 15) is 4.79 Å². The van der Waals surface area contributed by atoms with Gasteiger partial charge in [0.2, 0.25) is 0 Å². The van der Waals surface area contributed by atoms with E-state index in [1.807, 2.05) is 25.1 Å². The number of nitrogens with zero attached hydrogens (tertiary/aromatic N) is 1. The van der Waals surface area contributed by atoms with Crippen molar-refractivity contribution in [3.63, 3.8) is 0 Å². The molecule has 0 saturated carbocycles. The number of hydrogen-bond donors (Lipinski definition) is 3. The van der Waals surface area contributed by atoms with E-state index in [2.05, 4.69) is 21.1 Å². The van der Waals surface area contributed by atoms with E-state index in [1.54, 1.807) is 27.3 Å². The monoisotopic (exact) mass is 360 g/mol. The zero-order chi connectivity index (χ0) is 19.1. The molecule has 0 bridgehead atoms. The van der Waals surface area contributed by atoms with E-state index >= 15 is 0 Å². The summed E-state index contributed by atoms with van der Waals surface area (Å²) in [7, 11) is 6.22. The smallest absolute Gasteiger partial charge is 0.252 e. The molecule has 3 N–H and O–H groups in total. The molecule has 2 rings (SSSR count). The Bertz CT molecular complexity index is 768. The van der Waals surface area contributed by atoms with Gasteiger partial charge in [0.1, 0.15) is 11.4 Å². The quantitative estimate of drug-likeness (QED) is 0.311. The summed E-state index contributed by atoms with van der Waals surface area (Å²) in [6.07, 6.45) is 2.47. The van der Waals surface area contributed by atoms with Crippen molar-refractivity contribution in [3.05, 3.63) is 41.3 Å². The van der Waals surface area contributed by atoms with Gasteiger partial charge in [-0.05, 0) is 18.6 Å². The number of para-hydroxylation sites is 1. The number of hydrogen-bond acceptors (Lipinski definition) is 6. The second kappa shape index (κ2) is 8.91. The molecule has 8 nitrogen and oxygen atoms in total. The maximum absolute atomic E-state index is 12.5. The molecule has 0 radical (unpaired) electrons. The first-order chi connectivity index (χ1) is 12.6. The Kier molecular flexibility index (Phi) is 6.62. The summed E-state index contributed by atoms with van der Waals surface area (Å²) in [4.78, 5) is 21.6. The summed E-state index contributed by atoms with van der Waals surface area (Å²) in [5, 5.41) is 5.91. The molecular formula is C18H24N4O4. The zero-order valence-electron chi connectivity index (χ0n) is 15.6. The third-order valence-corrected chi connectivity index (χ3v) is 3.68. The molecule has 26 heavy (non-hydrogen) atoms. The minimum absolute atomic E-state index is 0.248. The predicted molar refractivity (Wildman–Crippen MR) is 100 cm³/mol. The van der Waals surface area contributed by atoms with Crippen molar-refractivity contribution in [1.29, 1.82) is 0 Å². The Hall–Kier alpha value is -3.00. The molecule has 1 aromatic rings. The second-order valence-electron chi connectivity index (χ2n) is 5.25. The lowest BCUT2D eigenvalue weighted by molar-refractivity contribution is -0.116. The fourth-order valence-electron chi connectivity index (χ4n) is 2.53. The van der Waals surface area contributed by atoms with Gasteiger partial charge < -0.3 is 20.1 Å². The Morgan fingerprint density at radius 2 is 2.15 bits per heavy atom. The fourth-order valence-corrected chi connectivity index (χ4v) is 2.53. The van der Waals surface area contributed by atoms with Crippen molar-refractivity contribution in [2.45, 2.75) is 13.3 Å². The first-order valence-corrected chi connectivity index (χ1v) is 8.16. The van der Waals surface area contributed by atoms with E-state index in [0.29, 0.717) is 46.5 Å². The second-order valence-corrected chi connectivity index (χ2v) is 5.25. The first kappa shape index (κ1) is 19.3. The topological polar surface area (TPSA) is 93.2 Å². The number of carbonyl (C=O) groups excluding carboxylic acids is 1. The van der Waals surface area contributed by atoms with E-state index in [-0.39, 0.29) is 5.91 Å². The fraction of sp³-hybridized carbons (Fsp3) is 0.333. The van der Waals surface area contributed by atoms with Gasteiger partial charge in [0.15, 0.2) is 17.3 Å². The summed E-state index contributed by atoms with van der Waals surface area (Å²) in [6.45, 7) is 1.95. The molecule has 1 aromatic carbocycles. The predicted octanol–water partition coefficient (Wildman–Crippen LogP) is 1.97. The molecule has 8 heteroatoms. The minimum atomic E-state index is -0.248. The highest BCUT2D eigenvalue weighted by Gasteiger charge is 2.29. The Labute approximate surface area is 152 Å². The van der Waals surface area contributed by atoms with Gasteiger partial charge in [-0.2, -0.15) is 0 Å². The van der Waals surface area contributed by atoms with Gasteiger partial charge in [0.25, 0.3) is 5.91 Å². The highest BCUT2D eigenvalue weighted by molar-refractivity contribution is 6.05. The largest absolute Gasteiger partial charge is 0.494 e. The highest BCUT2D eigenvalue weighted by Crippen LogP contribution is 2.41.